The van der Waals surface area contributed by atoms with E-state index in [2.05, 4.69) is 0 Å². The summed E-state index contributed by atoms with van der Waals surface area (Å²) in [6, 6.07) is 5.87. The molecule has 1 aromatic rings. The van der Waals surface area contributed by atoms with Gasteiger partial charge in [0.2, 0.25) is 6.29 Å². The standard InChI is InChI=1S/C12H16O6/c1-6-9(14)10(15)11(16)12(17-6)18-8-4-2-7(13)3-5-8/h2-6,9-16H,1H3/t6-,9+,10+,11-,12-/m0/s1. The van der Waals surface area contributed by atoms with E-state index < -0.39 is 30.7 Å². The zero-order valence-corrected chi connectivity index (χ0v) is 9.80. The third-order valence-electron chi connectivity index (χ3n) is 2.90. The molecule has 6 nitrogen and oxygen atoms in total. The zero-order chi connectivity index (χ0) is 13.3. The number of aliphatic hydroxyl groups excluding tert-OH is 3. The van der Waals surface area contributed by atoms with Gasteiger partial charge in [0.1, 0.15) is 29.8 Å². The molecule has 2 rings (SSSR count). The number of phenolic OH excluding ortho intramolecular Hbond substituents is 1. The van der Waals surface area contributed by atoms with Crippen LogP contribution < -0.4 is 4.74 Å². The van der Waals surface area contributed by atoms with Gasteiger partial charge >= 0.3 is 0 Å². The van der Waals surface area contributed by atoms with Gasteiger partial charge in [0, 0.05) is 0 Å². The highest BCUT2D eigenvalue weighted by atomic mass is 16.7. The summed E-state index contributed by atoms with van der Waals surface area (Å²) in [7, 11) is 0. The summed E-state index contributed by atoms with van der Waals surface area (Å²) in [5, 5.41) is 38.0. The van der Waals surface area contributed by atoms with Gasteiger partial charge in [-0.25, -0.2) is 0 Å². The highest BCUT2D eigenvalue weighted by molar-refractivity contribution is 5.30. The van der Waals surface area contributed by atoms with E-state index in [0.29, 0.717) is 5.75 Å². The second-order valence-corrected chi connectivity index (χ2v) is 4.29. The molecule has 0 unspecified atom stereocenters. The number of benzene rings is 1. The Morgan fingerprint density at radius 1 is 1.00 bits per heavy atom. The Morgan fingerprint density at radius 2 is 1.61 bits per heavy atom. The maximum atomic E-state index is 9.73. The Morgan fingerprint density at radius 3 is 2.22 bits per heavy atom. The highest BCUT2D eigenvalue weighted by Gasteiger charge is 2.43. The van der Waals surface area contributed by atoms with Crippen molar-refractivity contribution in [2.75, 3.05) is 0 Å². The van der Waals surface area contributed by atoms with E-state index in [1.54, 1.807) is 6.92 Å². The smallest absolute Gasteiger partial charge is 0.229 e. The number of aliphatic hydroxyl groups is 3. The van der Waals surface area contributed by atoms with Crippen LogP contribution in [0.5, 0.6) is 11.5 Å². The molecule has 1 saturated heterocycles. The fourth-order valence-corrected chi connectivity index (χ4v) is 1.77. The summed E-state index contributed by atoms with van der Waals surface area (Å²) >= 11 is 0. The molecule has 100 valence electrons. The lowest BCUT2D eigenvalue weighted by molar-refractivity contribution is -0.268. The highest BCUT2D eigenvalue weighted by Crippen LogP contribution is 2.25. The van der Waals surface area contributed by atoms with Crippen molar-refractivity contribution in [2.24, 2.45) is 0 Å². The lowest BCUT2D eigenvalue weighted by atomic mass is 10.00. The SMILES string of the molecule is C[C@@H]1O[C@@H](Oc2ccc(O)cc2)[C@@H](O)[C@H](O)[C@@H]1O. The molecule has 18 heavy (non-hydrogen) atoms. The minimum absolute atomic E-state index is 0.0938. The van der Waals surface area contributed by atoms with Crippen LogP contribution in [-0.2, 0) is 4.74 Å². The molecule has 0 radical (unpaired) electrons. The van der Waals surface area contributed by atoms with Crippen LogP contribution in [0.15, 0.2) is 24.3 Å². The van der Waals surface area contributed by atoms with Gasteiger partial charge in [-0.2, -0.15) is 0 Å². The molecule has 0 aromatic heterocycles. The van der Waals surface area contributed by atoms with Crippen molar-refractivity contribution in [1.82, 2.24) is 0 Å². The van der Waals surface area contributed by atoms with Gasteiger partial charge in [-0.15, -0.1) is 0 Å². The summed E-state index contributed by atoms with van der Waals surface area (Å²) in [5.74, 6) is 0.476. The Hall–Kier alpha value is -1.34. The van der Waals surface area contributed by atoms with E-state index in [-0.39, 0.29) is 5.75 Å². The zero-order valence-electron chi connectivity index (χ0n) is 9.80. The van der Waals surface area contributed by atoms with Crippen molar-refractivity contribution >= 4 is 0 Å². The van der Waals surface area contributed by atoms with Crippen molar-refractivity contribution < 1.29 is 29.9 Å². The van der Waals surface area contributed by atoms with Gasteiger partial charge in [0.05, 0.1) is 6.10 Å². The molecule has 1 aromatic carbocycles. The molecule has 1 heterocycles. The molecule has 0 aliphatic carbocycles. The molecule has 4 N–H and O–H groups in total. The number of hydrogen-bond donors (Lipinski definition) is 4. The quantitative estimate of drug-likeness (QED) is 0.574. The summed E-state index contributed by atoms with van der Waals surface area (Å²) in [6.07, 6.45) is -5.53. The molecular weight excluding hydrogens is 240 g/mol. The first kappa shape index (κ1) is 13.1. The summed E-state index contributed by atoms with van der Waals surface area (Å²) in [4.78, 5) is 0. The number of rotatable bonds is 2. The van der Waals surface area contributed by atoms with E-state index in [1.807, 2.05) is 0 Å². The number of phenols is 1. The van der Waals surface area contributed by atoms with Gasteiger partial charge in [-0.1, -0.05) is 0 Å². The van der Waals surface area contributed by atoms with E-state index in [1.165, 1.54) is 24.3 Å². The van der Waals surface area contributed by atoms with Gasteiger partial charge < -0.3 is 29.9 Å². The lowest BCUT2D eigenvalue weighted by Crippen LogP contribution is -2.58. The average molecular weight is 256 g/mol. The minimum Gasteiger partial charge on any atom is -0.508 e. The van der Waals surface area contributed by atoms with Crippen LogP contribution in [0.2, 0.25) is 0 Å². The maximum absolute atomic E-state index is 9.73. The van der Waals surface area contributed by atoms with Crippen molar-refractivity contribution in [2.45, 2.75) is 37.6 Å². The topological polar surface area (TPSA) is 99.4 Å². The minimum atomic E-state index is -1.34. The Labute approximate surface area is 104 Å². The van der Waals surface area contributed by atoms with Crippen LogP contribution >= 0.6 is 0 Å². The normalized spacial score (nSPS) is 36.3. The van der Waals surface area contributed by atoms with Gasteiger partial charge in [-0.05, 0) is 31.2 Å². The second kappa shape index (κ2) is 5.11. The van der Waals surface area contributed by atoms with Crippen LogP contribution in [0, 0.1) is 0 Å². The number of ether oxygens (including phenoxy) is 2. The third-order valence-corrected chi connectivity index (χ3v) is 2.90. The molecule has 0 spiro atoms. The molecule has 0 amide bonds. The lowest BCUT2D eigenvalue weighted by Gasteiger charge is -2.38. The molecule has 5 atom stereocenters. The first-order chi connectivity index (χ1) is 8.49. The van der Waals surface area contributed by atoms with Crippen LogP contribution in [0.1, 0.15) is 6.92 Å². The second-order valence-electron chi connectivity index (χ2n) is 4.29. The van der Waals surface area contributed by atoms with Crippen molar-refractivity contribution in [3.05, 3.63) is 24.3 Å². The Bertz CT molecular complexity index is 392. The largest absolute Gasteiger partial charge is 0.508 e. The molecule has 0 bridgehead atoms. The third kappa shape index (κ3) is 2.56. The van der Waals surface area contributed by atoms with E-state index in [9.17, 15) is 15.3 Å². The predicted molar refractivity (Wildman–Crippen MR) is 61.1 cm³/mol. The van der Waals surface area contributed by atoms with E-state index in [4.69, 9.17) is 14.6 Å². The maximum Gasteiger partial charge on any atom is 0.229 e. The van der Waals surface area contributed by atoms with Crippen molar-refractivity contribution in [1.29, 1.82) is 0 Å². The van der Waals surface area contributed by atoms with Crippen LogP contribution in [0.3, 0.4) is 0 Å². The van der Waals surface area contributed by atoms with Crippen LogP contribution in [0.25, 0.3) is 0 Å². The van der Waals surface area contributed by atoms with Crippen LogP contribution in [0.4, 0.5) is 0 Å². The predicted octanol–water partition coefficient (Wildman–Crippen LogP) is -0.402. The van der Waals surface area contributed by atoms with E-state index >= 15 is 0 Å². The molecule has 1 aliphatic rings. The van der Waals surface area contributed by atoms with E-state index in [0.717, 1.165) is 0 Å². The number of hydrogen-bond acceptors (Lipinski definition) is 6. The average Bonchev–Trinajstić information content (AvgIpc) is 2.36. The van der Waals surface area contributed by atoms with Crippen LogP contribution in [-0.4, -0.2) is 51.1 Å². The Balaban J connectivity index is 2.06. The van der Waals surface area contributed by atoms with Crippen molar-refractivity contribution in [3.63, 3.8) is 0 Å². The summed E-state index contributed by atoms with van der Waals surface area (Å²) in [5.41, 5.74) is 0. The first-order valence-corrected chi connectivity index (χ1v) is 5.64. The molecule has 1 fully saturated rings. The van der Waals surface area contributed by atoms with Gasteiger partial charge in [0.15, 0.2) is 0 Å². The number of aromatic hydroxyl groups is 1. The molecule has 1 aliphatic heterocycles. The Kier molecular flexibility index (Phi) is 3.72. The fourth-order valence-electron chi connectivity index (χ4n) is 1.77. The monoisotopic (exact) mass is 256 g/mol. The van der Waals surface area contributed by atoms with Gasteiger partial charge in [0.25, 0.3) is 0 Å². The fraction of sp³-hybridized carbons (Fsp3) is 0.500. The first-order valence-electron chi connectivity index (χ1n) is 5.64. The van der Waals surface area contributed by atoms with Gasteiger partial charge in [-0.3, -0.25) is 0 Å². The molecule has 0 saturated carbocycles. The summed E-state index contributed by atoms with van der Waals surface area (Å²) < 4.78 is 10.6. The van der Waals surface area contributed by atoms with Crippen molar-refractivity contribution in [3.8, 4) is 11.5 Å². The molecule has 6 heteroatoms. The molecular formula is C12H16O6. The summed E-state index contributed by atoms with van der Waals surface area (Å²) in [6.45, 7) is 1.58.